The number of benzene rings is 1. The number of alkyl halides is 3. The average molecular weight is 267 g/mol. The molecular weight excluding hydrogens is 253 g/mol. The van der Waals surface area contributed by atoms with Gasteiger partial charge in [0.25, 0.3) is 0 Å². The Balaban J connectivity index is 3.12. The van der Waals surface area contributed by atoms with E-state index in [4.69, 9.17) is 23.1 Å². The summed E-state index contributed by atoms with van der Waals surface area (Å²) in [7, 11) is 0. The number of hydrogen-bond donors (Lipinski definition) is 2. The summed E-state index contributed by atoms with van der Waals surface area (Å²) in [5.74, 6) is 0. The van der Waals surface area contributed by atoms with Crippen molar-refractivity contribution in [2.75, 3.05) is 6.54 Å². The van der Waals surface area contributed by atoms with Crippen molar-refractivity contribution in [1.82, 2.24) is 0 Å². The van der Waals surface area contributed by atoms with E-state index >= 15 is 0 Å². The highest BCUT2D eigenvalue weighted by Gasteiger charge is 2.35. The van der Waals surface area contributed by atoms with Crippen molar-refractivity contribution in [2.24, 2.45) is 11.5 Å². The second-order valence-corrected chi connectivity index (χ2v) is 4.14. The zero-order valence-corrected chi connectivity index (χ0v) is 9.85. The largest absolute Gasteiger partial charge is 0.416 e. The average Bonchev–Trinajstić information content (AvgIpc) is 2.24. The van der Waals surface area contributed by atoms with Crippen LogP contribution in [0.25, 0.3) is 0 Å². The van der Waals surface area contributed by atoms with Gasteiger partial charge in [0, 0.05) is 11.1 Å². The van der Waals surface area contributed by atoms with E-state index in [9.17, 15) is 13.2 Å². The molecule has 0 aliphatic heterocycles. The van der Waals surface area contributed by atoms with Crippen molar-refractivity contribution in [3.63, 3.8) is 0 Å². The van der Waals surface area contributed by atoms with Crippen molar-refractivity contribution < 1.29 is 13.2 Å². The minimum atomic E-state index is -4.44. The fourth-order valence-corrected chi connectivity index (χ4v) is 1.96. The van der Waals surface area contributed by atoms with Gasteiger partial charge in [-0.25, -0.2) is 0 Å². The van der Waals surface area contributed by atoms with Crippen molar-refractivity contribution in [2.45, 2.75) is 25.1 Å². The summed E-state index contributed by atoms with van der Waals surface area (Å²) in [6.07, 6.45) is -3.51. The van der Waals surface area contributed by atoms with E-state index in [1.54, 1.807) is 0 Å². The first-order chi connectivity index (χ1) is 7.88. The molecule has 17 heavy (non-hydrogen) atoms. The quantitative estimate of drug-likeness (QED) is 0.880. The highest BCUT2D eigenvalue weighted by molar-refractivity contribution is 6.31. The molecule has 6 heteroatoms. The van der Waals surface area contributed by atoms with E-state index in [0.29, 0.717) is 19.4 Å². The summed E-state index contributed by atoms with van der Waals surface area (Å²) in [6.45, 7) is 0.388. The van der Waals surface area contributed by atoms with Gasteiger partial charge in [0.15, 0.2) is 0 Å². The van der Waals surface area contributed by atoms with Crippen molar-refractivity contribution in [1.29, 1.82) is 0 Å². The highest BCUT2D eigenvalue weighted by Crippen LogP contribution is 2.38. The molecule has 0 aliphatic carbocycles. The maximum Gasteiger partial charge on any atom is 0.416 e. The van der Waals surface area contributed by atoms with Crippen molar-refractivity contribution in [3.8, 4) is 0 Å². The second kappa shape index (κ2) is 5.71. The normalized spacial score (nSPS) is 13.8. The van der Waals surface area contributed by atoms with E-state index in [-0.39, 0.29) is 10.6 Å². The molecule has 0 fully saturated rings. The van der Waals surface area contributed by atoms with Gasteiger partial charge < -0.3 is 11.5 Å². The van der Waals surface area contributed by atoms with Crippen molar-refractivity contribution in [3.05, 3.63) is 34.3 Å². The lowest BCUT2D eigenvalue weighted by Crippen LogP contribution is -2.19. The van der Waals surface area contributed by atoms with E-state index in [1.807, 2.05) is 0 Å². The predicted octanol–water partition coefficient (Wildman–Crippen LogP) is 3.10. The van der Waals surface area contributed by atoms with Crippen LogP contribution in [0.15, 0.2) is 18.2 Å². The van der Waals surface area contributed by atoms with Crippen LogP contribution in [0.2, 0.25) is 5.02 Å². The van der Waals surface area contributed by atoms with Gasteiger partial charge in [0.1, 0.15) is 0 Å². The number of rotatable bonds is 4. The molecular formula is C11H14ClF3N2. The van der Waals surface area contributed by atoms with Crippen molar-refractivity contribution >= 4 is 11.6 Å². The van der Waals surface area contributed by atoms with Crippen LogP contribution < -0.4 is 11.5 Å². The number of halogens is 4. The number of nitrogens with two attached hydrogens (primary N) is 2. The van der Waals surface area contributed by atoms with Gasteiger partial charge >= 0.3 is 6.18 Å². The summed E-state index contributed by atoms with van der Waals surface area (Å²) in [5.41, 5.74) is 10.2. The monoisotopic (exact) mass is 266 g/mol. The Kier molecular flexibility index (Phi) is 4.80. The Morgan fingerprint density at radius 2 is 1.94 bits per heavy atom. The standard InChI is InChI=1S/C11H14ClF3N2/c12-8-4-1-3-7(11(13,14)15)10(8)9(17)5-2-6-16/h1,3-4,9H,2,5-6,16-17H2/t9-/m1/s1. The fraction of sp³-hybridized carbons (Fsp3) is 0.455. The minimum Gasteiger partial charge on any atom is -0.330 e. The van der Waals surface area contributed by atoms with Gasteiger partial charge in [-0.05, 0) is 37.1 Å². The molecule has 0 aliphatic rings. The van der Waals surface area contributed by atoms with Crippen LogP contribution in [0.3, 0.4) is 0 Å². The van der Waals surface area contributed by atoms with Gasteiger partial charge in [-0.1, -0.05) is 17.7 Å². The lowest BCUT2D eigenvalue weighted by Gasteiger charge is -2.19. The third kappa shape index (κ3) is 3.59. The molecule has 4 N–H and O–H groups in total. The topological polar surface area (TPSA) is 52.0 Å². The first kappa shape index (κ1) is 14.3. The zero-order chi connectivity index (χ0) is 13.1. The fourth-order valence-electron chi connectivity index (χ4n) is 1.64. The molecule has 0 unspecified atom stereocenters. The van der Waals surface area contributed by atoms with E-state index in [1.165, 1.54) is 12.1 Å². The van der Waals surface area contributed by atoms with Crippen LogP contribution in [0.1, 0.15) is 30.0 Å². The molecule has 0 bridgehead atoms. The Labute approximate surface area is 103 Å². The predicted molar refractivity (Wildman–Crippen MR) is 61.7 cm³/mol. The summed E-state index contributed by atoms with van der Waals surface area (Å²) < 4.78 is 38.3. The number of hydrogen-bond acceptors (Lipinski definition) is 2. The first-order valence-electron chi connectivity index (χ1n) is 5.19. The second-order valence-electron chi connectivity index (χ2n) is 3.74. The molecule has 0 radical (unpaired) electrons. The van der Waals surface area contributed by atoms with Crippen LogP contribution >= 0.6 is 11.6 Å². The maximum atomic E-state index is 12.8. The minimum absolute atomic E-state index is 0.0457. The molecule has 0 amide bonds. The molecule has 0 spiro atoms. The lowest BCUT2D eigenvalue weighted by atomic mass is 9.97. The zero-order valence-electron chi connectivity index (χ0n) is 9.10. The Bertz CT molecular complexity index is 379. The van der Waals surface area contributed by atoms with E-state index in [2.05, 4.69) is 0 Å². The molecule has 0 saturated carbocycles. The smallest absolute Gasteiger partial charge is 0.330 e. The molecule has 96 valence electrons. The Morgan fingerprint density at radius 3 is 2.47 bits per heavy atom. The first-order valence-corrected chi connectivity index (χ1v) is 5.57. The lowest BCUT2D eigenvalue weighted by molar-refractivity contribution is -0.138. The molecule has 0 saturated heterocycles. The van der Waals surface area contributed by atoms with Gasteiger partial charge in [0.2, 0.25) is 0 Å². The van der Waals surface area contributed by atoms with Gasteiger partial charge in [-0.3, -0.25) is 0 Å². The maximum absolute atomic E-state index is 12.8. The molecule has 2 nitrogen and oxygen atoms in total. The van der Waals surface area contributed by atoms with E-state index in [0.717, 1.165) is 6.07 Å². The van der Waals surface area contributed by atoms with Crippen LogP contribution in [-0.2, 0) is 6.18 Å². The SMILES string of the molecule is NCCC[C@@H](N)c1c(Cl)cccc1C(F)(F)F. The van der Waals surface area contributed by atoms with Crippen LogP contribution in [0.5, 0.6) is 0 Å². The van der Waals surface area contributed by atoms with Gasteiger partial charge in [0.05, 0.1) is 5.56 Å². The molecule has 1 rings (SSSR count). The van der Waals surface area contributed by atoms with Gasteiger partial charge in [-0.15, -0.1) is 0 Å². The summed E-state index contributed by atoms with van der Waals surface area (Å²) in [5, 5.41) is 0.0457. The summed E-state index contributed by atoms with van der Waals surface area (Å²) >= 11 is 5.80. The van der Waals surface area contributed by atoms with E-state index < -0.39 is 17.8 Å². The third-order valence-electron chi connectivity index (χ3n) is 2.45. The molecule has 0 aromatic heterocycles. The van der Waals surface area contributed by atoms with Gasteiger partial charge in [-0.2, -0.15) is 13.2 Å². The van der Waals surface area contributed by atoms with Crippen LogP contribution in [0, 0.1) is 0 Å². The molecule has 1 aromatic rings. The molecule has 1 atom stereocenters. The van der Waals surface area contributed by atoms with Crippen LogP contribution in [0.4, 0.5) is 13.2 Å². The third-order valence-corrected chi connectivity index (χ3v) is 2.78. The molecule has 0 heterocycles. The summed E-state index contributed by atoms with van der Waals surface area (Å²) in [6, 6.07) is 2.92. The molecule has 1 aromatic carbocycles. The van der Waals surface area contributed by atoms with Crippen LogP contribution in [-0.4, -0.2) is 6.54 Å². The highest BCUT2D eigenvalue weighted by atomic mass is 35.5. The summed E-state index contributed by atoms with van der Waals surface area (Å²) in [4.78, 5) is 0. The Hall–Kier alpha value is -0.780. The Morgan fingerprint density at radius 1 is 1.29 bits per heavy atom.